The lowest BCUT2D eigenvalue weighted by Gasteiger charge is -2.43. The molecule has 6 heterocycles. The number of H-pyrrole nitrogens is 2. The number of thioether (sulfide) groups is 1. The highest BCUT2D eigenvalue weighted by molar-refractivity contribution is 7.99. The average molecular weight is 647 g/mol. The molecule has 0 radical (unpaired) electrons. The fourth-order valence-electron chi connectivity index (χ4n) is 7.83. The first-order valence-electron chi connectivity index (χ1n) is 16.9. The molecular formula is C34H46N8O3S. The Morgan fingerprint density at radius 2 is 1.76 bits per heavy atom. The molecule has 11 nitrogen and oxygen atoms in total. The number of aryl methyl sites for hydroxylation is 2. The Morgan fingerprint density at radius 1 is 1.00 bits per heavy atom. The summed E-state index contributed by atoms with van der Waals surface area (Å²) in [4.78, 5) is 53.7. The summed E-state index contributed by atoms with van der Waals surface area (Å²) in [6.45, 7) is 8.48. The first kappa shape index (κ1) is 31.3. The second kappa shape index (κ2) is 13.4. The van der Waals surface area contributed by atoms with Gasteiger partial charge in [-0.25, -0.2) is 4.79 Å². The van der Waals surface area contributed by atoms with Crippen LogP contribution in [0, 0.1) is 6.92 Å². The minimum absolute atomic E-state index is 0.00983. The second-order valence-corrected chi connectivity index (χ2v) is 14.7. The van der Waals surface area contributed by atoms with E-state index in [1.807, 2.05) is 16.7 Å². The number of piperazine rings is 1. The maximum atomic E-state index is 14.1. The standard InChI is InChI=1S/C34H46N8O3S/c1-22-17-23(18-25-21-35-38-31(22)25)19-29(33(44)41-14-12-40(13-15-41)26-5-8-39(2)9-6-26)37-34(45)42-10-3-24(4-11-42)27-20-30-28(7-16-46-30)36-32(27)43/h17-18,20-21,24,26,29H,3-16,19H2,1-2H3,(H,35,38)(H,36,43)(H,37,45)/t29-/m1/s1. The first-order valence-corrected chi connectivity index (χ1v) is 17.9. The number of amides is 3. The van der Waals surface area contributed by atoms with Crippen LogP contribution in [0.1, 0.15) is 54.0 Å². The monoisotopic (exact) mass is 646 g/mol. The van der Waals surface area contributed by atoms with Crippen molar-refractivity contribution in [1.82, 2.24) is 40.1 Å². The lowest BCUT2D eigenvalue weighted by molar-refractivity contribution is -0.135. The van der Waals surface area contributed by atoms with Crippen molar-refractivity contribution in [2.45, 2.75) is 68.3 Å². The van der Waals surface area contributed by atoms with E-state index in [4.69, 9.17) is 0 Å². The van der Waals surface area contributed by atoms with Crippen molar-refractivity contribution in [2.24, 2.45) is 0 Å². The molecule has 46 heavy (non-hydrogen) atoms. The fraction of sp³-hybridized carbons (Fsp3) is 0.588. The average Bonchev–Trinajstić information content (AvgIpc) is 3.74. The van der Waals surface area contributed by atoms with Gasteiger partial charge in [-0.15, -0.1) is 11.8 Å². The molecule has 3 fully saturated rings. The number of pyridine rings is 1. The van der Waals surface area contributed by atoms with E-state index in [1.54, 1.807) is 18.0 Å². The Morgan fingerprint density at radius 3 is 2.52 bits per heavy atom. The Labute approximate surface area is 274 Å². The predicted molar refractivity (Wildman–Crippen MR) is 181 cm³/mol. The van der Waals surface area contributed by atoms with Crippen LogP contribution < -0.4 is 10.9 Å². The quantitative estimate of drug-likeness (QED) is 0.377. The van der Waals surface area contributed by atoms with E-state index in [9.17, 15) is 14.4 Å². The molecular weight excluding hydrogens is 600 g/mol. The molecule has 0 unspecified atom stereocenters. The summed E-state index contributed by atoms with van der Waals surface area (Å²) < 4.78 is 0. The molecule has 0 bridgehead atoms. The Kier molecular flexibility index (Phi) is 9.11. The Bertz CT molecular complexity index is 1630. The van der Waals surface area contributed by atoms with Crippen molar-refractivity contribution in [3.05, 3.63) is 57.1 Å². The highest BCUT2D eigenvalue weighted by Crippen LogP contribution is 2.33. The molecule has 2 aromatic heterocycles. The van der Waals surface area contributed by atoms with Gasteiger partial charge in [-0.1, -0.05) is 6.07 Å². The number of nitrogens with zero attached hydrogens (tertiary/aromatic N) is 5. The normalized spacial score (nSPS) is 21.1. The zero-order valence-corrected chi connectivity index (χ0v) is 27.8. The molecule has 0 spiro atoms. The van der Waals surface area contributed by atoms with Crippen LogP contribution in [0.25, 0.3) is 10.9 Å². The molecule has 3 saturated heterocycles. The summed E-state index contributed by atoms with van der Waals surface area (Å²) in [5.74, 6) is 1.12. The molecule has 7 rings (SSSR count). The number of hydrogen-bond donors (Lipinski definition) is 3. The molecule has 3 amide bonds. The largest absolute Gasteiger partial charge is 0.338 e. The summed E-state index contributed by atoms with van der Waals surface area (Å²) in [6, 6.07) is 5.94. The van der Waals surface area contributed by atoms with E-state index in [1.165, 1.54) is 17.7 Å². The summed E-state index contributed by atoms with van der Waals surface area (Å²) in [5.41, 5.74) is 4.96. The molecule has 246 valence electrons. The molecule has 3 N–H and O–H groups in total. The van der Waals surface area contributed by atoms with E-state index < -0.39 is 6.04 Å². The van der Waals surface area contributed by atoms with E-state index in [2.05, 4.69) is 55.5 Å². The van der Waals surface area contributed by atoms with Gasteiger partial charge in [0, 0.05) is 79.0 Å². The number of urea groups is 1. The van der Waals surface area contributed by atoms with Crippen molar-refractivity contribution in [3.8, 4) is 0 Å². The van der Waals surface area contributed by atoms with Gasteiger partial charge in [0.25, 0.3) is 5.56 Å². The number of benzene rings is 1. The van der Waals surface area contributed by atoms with Gasteiger partial charge in [-0.05, 0) is 88.3 Å². The molecule has 4 aliphatic rings. The SMILES string of the molecule is Cc1cc(C[C@@H](NC(=O)N2CCC(c3cc4c([nH]c3=O)CCS4)CC2)C(=O)N2CCN(C3CCN(C)CC3)CC2)cc2cn[nH]c12. The van der Waals surface area contributed by atoms with E-state index in [0.29, 0.717) is 38.6 Å². The molecule has 0 saturated carbocycles. The van der Waals surface area contributed by atoms with E-state index in [-0.39, 0.29) is 23.4 Å². The third-order valence-electron chi connectivity index (χ3n) is 10.6. The minimum Gasteiger partial charge on any atom is -0.338 e. The highest BCUT2D eigenvalue weighted by atomic mass is 32.2. The minimum atomic E-state index is -0.666. The number of aromatic nitrogens is 3. The van der Waals surface area contributed by atoms with Gasteiger partial charge in [-0.2, -0.15) is 5.10 Å². The Balaban J connectivity index is 1.02. The summed E-state index contributed by atoms with van der Waals surface area (Å²) >= 11 is 1.80. The second-order valence-electron chi connectivity index (χ2n) is 13.6. The van der Waals surface area contributed by atoms with Crippen molar-refractivity contribution < 1.29 is 9.59 Å². The summed E-state index contributed by atoms with van der Waals surface area (Å²) in [7, 11) is 2.18. The third kappa shape index (κ3) is 6.57. The molecule has 12 heteroatoms. The van der Waals surface area contributed by atoms with Crippen LogP contribution in [0.3, 0.4) is 0 Å². The summed E-state index contributed by atoms with van der Waals surface area (Å²) in [5, 5.41) is 11.4. The fourth-order valence-corrected chi connectivity index (χ4v) is 8.90. The van der Waals surface area contributed by atoms with Crippen LogP contribution in [0.15, 0.2) is 34.1 Å². The van der Waals surface area contributed by atoms with Crippen LogP contribution in [0.4, 0.5) is 4.79 Å². The van der Waals surface area contributed by atoms with E-state index in [0.717, 1.165) is 84.5 Å². The summed E-state index contributed by atoms with van der Waals surface area (Å²) in [6.07, 6.45) is 6.95. The van der Waals surface area contributed by atoms with Crippen LogP contribution in [0.5, 0.6) is 0 Å². The predicted octanol–water partition coefficient (Wildman–Crippen LogP) is 2.95. The number of piperidine rings is 2. The molecule has 1 aromatic carbocycles. The number of rotatable bonds is 6. The van der Waals surface area contributed by atoms with Crippen molar-refractivity contribution >= 4 is 34.6 Å². The lowest BCUT2D eigenvalue weighted by atomic mass is 9.90. The maximum absolute atomic E-state index is 14.1. The number of likely N-dealkylation sites (tertiary alicyclic amines) is 2. The highest BCUT2D eigenvalue weighted by Gasteiger charge is 2.34. The van der Waals surface area contributed by atoms with Crippen LogP contribution in [0.2, 0.25) is 0 Å². The van der Waals surface area contributed by atoms with Gasteiger partial charge in [-0.3, -0.25) is 19.6 Å². The molecule has 3 aromatic rings. The van der Waals surface area contributed by atoms with Crippen molar-refractivity contribution in [3.63, 3.8) is 0 Å². The van der Waals surface area contributed by atoms with Crippen molar-refractivity contribution in [2.75, 3.05) is 65.2 Å². The number of fused-ring (bicyclic) bond motifs is 2. The first-order chi connectivity index (χ1) is 22.3. The van der Waals surface area contributed by atoms with Crippen LogP contribution >= 0.6 is 11.8 Å². The van der Waals surface area contributed by atoms with Gasteiger partial charge in [0.15, 0.2) is 0 Å². The number of nitrogens with one attached hydrogen (secondary N) is 3. The number of hydrogen-bond acceptors (Lipinski definition) is 7. The van der Waals surface area contributed by atoms with E-state index >= 15 is 0 Å². The maximum Gasteiger partial charge on any atom is 0.318 e. The zero-order chi connectivity index (χ0) is 31.8. The molecule has 4 aliphatic heterocycles. The van der Waals surface area contributed by atoms with Gasteiger partial charge in [0.05, 0.1) is 11.7 Å². The van der Waals surface area contributed by atoms with Gasteiger partial charge < -0.3 is 25.0 Å². The third-order valence-corrected chi connectivity index (χ3v) is 11.7. The van der Waals surface area contributed by atoms with Crippen LogP contribution in [-0.4, -0.2) is 124 Å². The Hall–Kier alpha value is -3.35. The molecule has 1 atom stereocenters. The van der Waals surface area contributed by atoms with Crippen LogP contribution in [-0.2, 0) is 17.6 Å². The lowest BCUT2D eigenvalue weighted by Crippen LogP contribution is -2.59. The number of aromatic amines is 2. The van der Waals surface area contributed by atoms with Gasteiger partial charge in [0.2, 0.25) is 5.91 Å². The van der Waals surface area contributed by atoms with Gasteiger partial charge in [0.1, 0.15) is 6.04 Å². The smallest absolute Gasteiger partial charge is 0.318 e. The zero-order valence-electron chi connectivity index (χ0n) is 27.0. The topological polar surface area (TPSA) is 121 Å². The molecule has 0 aliphatic carbocycles. The van der Waals surface area contributed by atoms with Crippen molar-refractivity contribution in [1.29, 1.82) is 0 Å². The number of carbonyl (C=O) groups excluding carboxylic acids is 2. The van der Waals surface area contributed by atoms with Gasteiger partial charge >= 0.3 is 6.03 Å². The number of carbonyl (C=O) groups is 2.